The van der Waals surface area contributed by atoms with Crippen molar-refractivity contribution >= 4 is 16.7 Å². The number of aromatic nitrogens is 1. The predicted molar refractivity (Wildman–Crippen MR) is 69.3 cm³/mol. The van der Waals surface area contributed by atoms with E-state index >= 15 is 0 Å². The molecule has 0 saturated heterocycles. The molecule has 1 N–H and O–H groups in total. The van der Waals surface area contributed by atoms with E-state index in [9.17, 15) is 4.79 Å². The van der Waals surface area contributed by atoms with Gasteiger partial charge in [0.1, 0.15) is 0 Å². The Morgan fingerprint density at radius 2 is 2.18 bits per heavy atom. The van der Waals surface area contributed by atoms with Crippen molar-refractivity contribution in [3.8, 4) is 0 Å². The van der Waals surface area contributed by atoms with Gasteiger partial charge in [-0.3, -0.25) is 4.79 Å². The fraction of sp³-hybridized carbons (Fsp3) is 0.400. The first-order chi connectivity index (χ1) is 8.16. The van der Waals surface area contributed by atoms with Crippen molar-refractivity contribution in [3.63, 3.8) is 0 Å². The number of hydrogen-bond donors (Lipinski definition) is 1. The van der Waals surface area contributed by atoms with Crippen molar-refractivity contribution in [1.82, 2.24) is 4.98 Å². The lowest BCUT2D eigenvalue weighted by molar-refractivity contribution is 0.0918. The summed E-state index contributed by atoms with van der Waals surface area (Å²) < 4.78 is 0. The summed E-state index contributed by atoms with van der Waals surface area (Å²) in [5.41, 5.74) is 3.12. The molecule has 0 aliphatic heterocycles. The van der Waals surface area contributed by atoms with E-state index in [1.165, 1.54) is 18.4 Å². The summed E-state index contributed by atoms with van der Waals surface area (Å²) in [5, 5.41) is 1.07. The average molecular weight is 227 g/mol. The zero-order valence-electron chi connectivity index (χ0n) is 10.3. The smallest absolute Gasteiger partial charge is 0.168 e. The first-order valence-corrected chi connectivity index (χ1v) is 6.29. The second kappa shape index (κ2) is 3.73. The quantitative estimate of drug-likeness (QED) is 0.797. The molecule has 17 heavy (non-hydrogen) atoms. The second-order valence-corrected chi connectivity index (χ2v) is 5.24. The van der Waals surface area contributed by atoms with Gasteiger partial charge in [0.15, 0.2) is 5.78 Å². The van der Waals surface area contributed by atoms with Gasteiger partial charge >= 0.3 is 0 Å². The van der Waals surface area contributed by atoms with E-state index in [2.05, 4.69) is 31.0 Å². The summed E-state index contributed by atoms with van der Waals surface area (Å²) >= 11 is 0. The van der Waals surface area contributed by atoms with Gasteiger partial charge in [0.2, 0.25) is 0 Å². The molecule has 1 unspecified atom stereocenters. The molecule has 2 nitrogen and oxygen atoms in total. The average Bonchev–Trinajstić information content (AvgIpc) is 3.08. The number of fused-ring (bicyclic) bond motifs is 1. The maximum Gasteiger partial charge on any atom is 0.168 e. The van der Waals surface area contributed by atoms with Crippen LogP contribution in [0.25, 0.3) is 10.9 Å². The van der Waals surface area contributed by atoms with Crippen LogP contribution < -0.4 is 0 Å². The molecule has 2 aromatic rings. The minimum atomic E-state index is 0.175. The van der Waals surface area contributed by atoms with Crippen LogP contribution in [0.2, 0.25) is 0 Å². The normalized spacial score (nSPS) is 17.3. The molecule has 88 valence electrons. The van der Waals surface area contributed by atoms with Gasteiger partial charge in [-0.25, -0.2) is 0 Å². The molecule has 1 fully saturated rings. The van der Waals surface area contributed by atoms with Gasteiger partial charge in [0.25, 0.3) is 0 Å². The Hall–Kier alpha value is -1.57. The third-order valence-corrected chi connectivity index (χ3v) is 3.85. The number of ketones is 1. The van der Waals surface area contributed by atoms with E-state index in [1.807, 2.05) is 12.3 Å². The fourth-order valence-corrected chi connectivity index (χ4v) is 2.49. The van der Waals surface area contributed by atoms with E-state index in [0.29, 0.717) is 11.7 Å². The van der Waals surface area contributed by atoms with Gasteiger partial charge in [-0.1, -0.05) is 18.6 Å². The topological polar surface area (TPSA) is 32.9 Å². The van der Waals surface area contributed by atoms with Crippen LogP contribution in [0.4, 0.5) is 0 Å². The third kappa shape index (κ3) is 1.78. The molecule has 0 bridgehead atoms. The van der Waals surface area contributed by atoms with Crippen LogP contribution in [-0.2, 0) is 0 Å². The highest BCUT2D eigenvalue weighted by Crippen LogP contribution is 2.38. The van der Waals surface area contributed by atoms with Crippen LogP contribution in [0.15, 0.2) is 24.4 Å². The van der Waals surface area contributed by atoms with Crippen LogP contribution in [0.3, 0.4) is 0 Å². The number of rotatable bonds is 3. The number of aromatic amines is 1. The maximum absolute atomic E-state index is 12.4. The van der Waals surface area contributed by atoms with Crippen molar-refractivity contribution in [3.05, 3.63) is 35.5 Å². The molecule has 3 rings (SSSR count). The highest BCUT2D eigenvalue weighted by molar-refractivity contribution is 6.09. The van der Waals surface area contributed by atoms with Gasteiger partial charge < -0.3 is 4.98 Å². The summed E-state index contributed by atoms with van der Waals surface area (Å²) in [4.78, 5) is 15.6. The zero-order chi connectivity index (χ0) is 12.0. The van der Waals surface area contributed by atoms with Crippen LogP contribution in [0, 0.1) is 18.8 Å². The molecule has 0 amide bonds. The number of H-pyrrole nitrogens is 1. The number of aryl methyl sites for hydroxylation is 1. The van der Waals surface area contributed by atoms with Gasteiger partial charge in [0.05, 0.1) is 0 Å². The molecular formula is C15H17NO. The number of Topliss-reactive ketones (excluding diaryl/α,β-unsaturated/α-hetero) is 1. The summed E-state index contributed by atoms with van der Waals surface area (Å²) in [6.07, 6.45) is 4.30. The lowest BCUT2D eigenvalue weighted by Gasteiger charge is -2.07. The lowest BCUT2D eigenvalue weighted by atomic mass is 9.94. The first-order valence-electron chi connectivity index (χ1n) is 6.29. The molecule has 0 radical (unpaired) electrons. The van der Waals surface area contributed by atoms with Crippen LogP contribution in [0.5, 0.6) is 0 Å². The molecule has 1 aliphatic rings. The molecule has 2 heteroatoms. The minimum absolute atomic E-state index is 0.175. The number of nitrogens with one attached hydrogen (secondary N) is 1. The minimum Gasteiger partial charge on any atom is -0.360 e. The van der Waals surface area contributed by atoms with Crippen molar-refractivity contribution < 1.29 is 4.79 Å². The summed E-state index contributed by atoms with van der Waals surface area (Å²) in [6, 6.07) is 6.21. The SMILES string of the molecule is Cc1ccc2[nH]cc(C(=O)C(C)C3CC3)c2c1. The third-order valence-electron chi connectivity index (χ3n) is 3.85. The Balaban J connectivity index is 2.04. The molecule has 1 aromatic carbocycles. The van der Waals surface area contributed by atoms with Crippen molar-refractivity contribution in [1.29, 1.82) is 0 Å². The molecule has 1 aromatic heterocycles. The van der Waals surface area contributed by atoms with E-state index in [1.54, 1.807) is 0 Å². The standard InChI is InChI=1S/C15H17NO/c1-9-3-6-14-12(7-9)13(8-16-14)15(17)10(2)11-4-5-11/h3,6-8,10-11,16H,4-5H2,1-2H3. The van der Waals surface area contributed by atoms with Gasteiger partial charge in [-0.15, -0.1) is 0 Å². The van der Waals surface area contributed by atoms with Gasteiger partial charge in [-0.2, -0.15) is 0 Å². The number of hydrogen-bond acceptors (Lipinski definition) is 1. The molecule has 1 aliphatic carbocycles. The van der Waals surface area contributed by atoms with Crippen molar-refractivity contribution in [2.24, 2.45) is 11.8 Å². The summed E-state index contributed by atoms with van der Waals surface area (Å²) in [6.45, 7) is 4.12. The highest BCUT2D eigenvalue weighted by atomic mass is 16.1. The Bertz CT molecular complexity index is 578. The first kappa shape index (κ1) is 10.6. The Kier molecular flexibility index (Phi) is 2.32. The maximum atomic E-state index is 12.4. The van der Waals surface area contributed by atoms with Crippen molar-refractivity contribution in [2.45, 2.75) is 26.7 Å². The lowest BCUT2D eigenvalue weighted by Crippen LogP contribution is -2.12. The molecule has 1 saturated carbocycles. The van der Waals surface area contributed by atoms with E-state index in [-0.39, 0.29) is 5.92 Å². The Morgan fingerprint density at radius 1 is 1.41 bits per heavy atom. The van der Waals surface area contributed by atoms with Crippen LogP contribution in [0.1, 0.15) is 35.7 Å². The monoisotopic (exact) mass is 227 g/mol. The van der Waals surface area contributed by atoms with Crippen LogP contribution in [-0.4, -0.2) is 10.8 Å². The molecule has 0 spiro atoms. The van der Waals surface area contributed by atoms with Gasteiger partial charge in [0, 0.05) is 28.6 Å². The van der Waals surface area contributed by atoms with E-state index in [4.69, 9.17) is 0 Å². The Morgan fingerprint density at radius 3 is 2.88 bits per heavy atom. The van der Waals surface area contributed by atoms with Gasteiger partial charge in [-0.05, 0) is 37.8 Å². The summed E-state index contributed by atoms with van der Waals surface area (Å²) in [5.74, 6) is 1.09. The largest absolute Gasteiger partial charge is 0.360 e. The van der Waals surface area contributed by atoms with Crippen molar-refractivity contribution in [2.75, 3.05) is 0 Å². The summed E-state index contributed by atoms with van der Waals surface area (Å²) in [7, 11) is 0. The number of carbonyl (C=O) groups is 1. The van der Waals surface area contributed by atoms with E-state index in [0.717, 1.165) is 16.5 Å². The number of benzene rings is 1. The zero-order valence-corrected chi connectivity index (χ0v) is 10.3. The van der Waals surface area contributed by atoms with E-state index < -0.39 is 0 Å². The predicted octanol–water partition coefficient (Wildman–Crippen LogP) is 3.71. The number of carbonyl (C=O) groups excluding carboxylic acids is 1. The Labute approximate surface area is 101 Å². The molecule has 1 heterocycles. The molecular weight excluding hydrogens is 210 g/mol. The fourth-order valence-electron chi connectivity index (χ4n) is 2.49. The highest BCUT2D eigenvalue weighted by Gasteiger charge is 2.33. The second-order valence-electron chi connectivity index (χ2n) is 5.24. The van der Waals surface area contributed by atoms with Crippen LogP contribution >= 0.6 is 0 Å². The molecule has 1 atom stereocenters.